The van der Waals surface area contributed by atoms with E-state index in [1.807, 2.05) is 4.90 Å². The van der Waals surface area contributed by atoms with Gasteiger partial charge in [0.25, 0.3) is 5.91 Å². The summed E-state index contributed by atoms with van der Waals surface area (Å²) in [7, 11) is 5.25. The molecule has 0 unspecified atom stereocenters. The monoisotopic (exact) mass is 508 g/mol. The van der Waals surface area contributed by atoms with E-state index in [9.17, 15) is 9.59 Å². The highest BCUT2D eigenvalue weighted by molar-refractivity contribution is 5.99. The minimum absolute atomic E-state index is 0.0764. The predicted octanol–water partition coefficient (Wildman–Crippen LogP) is 2.23. The highest BCUT2D eigenvalue weighted by Gasteiger charge is 2.22. The van der Waals surface area contributed by atoms with E-state index < -0.39 is 5.91 Å². The van der Waals surface area contributed by atoms with Gasteiger partial charge < -0.3 is 30.3 Å². The largest absolute Gasteiger partial charge is 0.497 e. The van der Waals surface area contributed by atoms with Crippen molar-refractivity contribution in [2.45, 2.75) is 31.7 Å². The van der Waals surface area contributed by atoms with E-state index in [-0.39, 0.29) is 17.5 Å². The maximum absolute atomic E-state index is 12.0. The van der Waals surface area contributed by atoms with Crippen molar-refractivity contribution in [1.82, 2.24) is 20.0 Å². The maximum Gasteiger partial charge on any atom is 0.255 e. The molecule has 198 valence electrons. The molecule has 0 radical (unpaired) electrons. The third kappa shape index (κ3) is 7.75. The van der Waals surface area contributed by atoms with Crippen molar-refractivity contribution in [2.75, 3.05) is 52.8 Å². The quantitative estimate of drug-likeness (QED) is 0.404. The first-order chi connectivity index (χ1) is 17.8. The number of anilines is 1. The lowest BCUT2D eigenvalue weighted by molar-refractivity contribution is -0.124. The first kappa shape index (κ1) is 27.6. The van der Waals surface area contributed by atoms with Gasteiger partial charge in [0.2, 0.25) is 5.91 Å². The normalized spacial score (nSPS) is 15.6. The van der Waals surface area contributed by atoms with Crippen molar-refractivity contribution >= 4 is 17.6 Å². The fourth-order valence-corrected chi connectivity index (χ4v) is 4.20. The third-order valence-corrected chi connectivity index (χ3v) is 6.35. The van der Waals surface area contributed by atoms with Gasteiger partial charge in [0, 0.05) is 30.8 Å². The van der Waals surface area contributed by atoms with Crippen molar-refractivity contribution in [3.05, 3.63) is 47.7 Å². The third-order valence-electron chi connectivity index (χ3n) is 6.35. The smallest absolute Gasteiger partial charge is 0.255 e. The van der Waals surface area contributed by atoms with E-state index in [1.54, 1.807) is 32.4 Å². The second kappa shape index (κ2) is 13.4. The van der Waals surface area contributed by atoms with Crippen LogP contribution >= 0.6 is 0 Å². The Morgan fingerprint density at radius 2 is 1.73 bits per heavy atom. The van der Waals surface area contributed by atoms with E-state index in [4.69, 9.17) is 15.2 Å². The number of aromatic amines is 1. The first-order valence-corrected chi connectivity index (χ1v) is 12.3. The number of hydrogen-bond donors (Lipinski definition) is 3. The number of nitrogens with one attached hydrogen (secondary N) is 2. The van der Waals surface area contributed by atoms with Crippen LogP contribution in [0.2, 0.25) is 0 Å². The molecule has 4 N–H and O–H groups in total. The minimum Gasteiger partial charge on any atom is -0.497 e. The number of H-pyrrole nitrogens is 1. The van der Waals surface area contributed by atoms with Gasteiger partial charge in [-0.2, -0.15) is 5.10 Å². The first-order valence-electron chi connectivity index (χ1n) is 12.3. The van der Waals surface area contributed by atoms with Gasteiger partial charge in [-0.25, -0.2) is 0 Å². The van der Waals surface area contributed by atoms with Gasteiger partial charge in [0.15, 0.2) is 5.82 Å². The summed E-state index contributed by atoms with van der Waals surface area (Å²) in [5, 5.41) is 10.4. The molecule has 0 atom stereocenters. The molecule has 3 heterocycles. The lowest BCUT2D eigenvalue weighted by atomic mass is 10.1. The number of benzene rings is 1. The number of nitrogens with zero attached hydrogens (tertiary/aromatic N) is 3. The van der Waals surface area contributed by atoms with Gasteiger partial charge >= 0.3 is 0 Å². The molecule has 1 aromatic carbocycles. The molecular weight excluding hydrogens is 472 g/mol. The number of likely N-dealkylation sites (tertiary alicyclic amines) is 2. The number of hydrogen-bond acceptors (Lipinski definition) is 7. The van der Waals surface area contributed by atoms with E-state index in [0.29, 0.717) is 28.6 Å². The van der Waals surface area contributed by atoms with Gasteiger partial charge in [0.05, 0.1) is 14.2 Å². The van der Waals surface area contributed by atoms with Crippen molar-refractivity contribution in [2.24, 2.45) is 5.73 Å². The Bertz CT molecular complexity index is 1130. The van der Waals surface area contributed by atoms with Crippen LogP contribution in [-0.2, 0) is 4.79 Å². The summed E-state index contributed by atoms with van der Waals surface area (Å²) in [6, 6.07) is 5.59. The standard InChI is InChI=1S/C20H25N5O3.C7H11NO/c1-25-8-6-14(7-9-25)22-20-18(19(21)26)17(23-24-20)5-4-13-10-15(27-2)12-16(11-13)28-3;1-2-7(9)8-5-3-4-6-8/h10-12,14H,6-9H2,1-3H3,(H2,21,26)(H2,22,23,24);2H,1,3-6H2. The van der Waals surface area contributed by atoms with Gasteiger partial charge in [-0.05, 0) is 69.9 Å². The zero-order valence-electron chi connectivity index (χ0n) is 21.8. The van der Waals surface area contributed by atoms with Crippen LogP contribution in [0.15, 0.2) is 30.9 Å². The molecule has 0 saturated carbocycles. The number of ether oxygens (including phenoxy) is 2. The van der Waals surface area contributed by atoms with Gasteiger partial charge in [-0.1, -0.05) is 12.5 Å². The topological polar surface area (TPSA) is 126 Å². The number of carbonyl (C=O) groups is 2. The number of carbonyl (C=O) groups excluding carboxylic acids is 2. The Hall–Kier alpha value is -3.97. The lowest BCUT2D eigenvalue weighted by Crippen LogP contribution is -2.37. The molecule has 2 saturated heterocycles. The summed E-state index contributed by atoms with van der Waals surface area (Å²) in [5.74, 6) is 7.18. The highest BCUT2D eigenvalue weighted by Crippen LogP contribution is 2.23. The average molecular weight is 509 g/mol. The number of nitrogens with two attached hydrogens (primary N) is 1. The molecule has 10 heteroatoms. The fourth-order valence-electron chi connectivity index (χ4n) is 4.20. The molecule has 2 aromatic rings. The molecule has 2 aliphatic heterocycles. The van der Waals surface area contributed by atoms with Gasteiger partial charge in [-0.15, -0.1) is 0 Å². The fraction of sp³-hybridized carbons (Fsp3) is 0.444. The van der Waals surface area contributed by atoms with Crippen LogP contribution in [0, 0.1) is 11.8 Å². The Kier molecular flexibility index (Phi) is 9.98. The second-order valence-corrected chi connectivity index (χ2v) is 9.00. The summed E-state index contributed by atoms with van der Waals surface area (Å²) in [6.07, 6.45) is 5.64. The van der Waals surface area contributed by atoms with Crippen LogP contribution in [-0.4, -0.2) is 85.3 Å². The predicted molar refractivity (Wildman–Crippen MR) is 143 cm³/mol. The van der Waals surface area contributed by atoms with E-state index in [0.717, 1.165) is 51.9 Å². The van der Waals surface area contributed by atoms with Crippen molar-refractivity contribution in [3.8, 4) is 23.3 Å². The number of methoxy groups -OCH3 is 2. The van der Waals surface area contributed by atoms with Crippen LogP contribution in [0.4, 0.5) is 5.82 Å². The molecule has 2 aliphatic rings. The molecule has 0 aliphatic carbocycles. The number of primary amides is 1. The van der Waals surface area contributed by atoms with E-state index in [2.05, 4.69) is 45.9 Å². The average Bonchev–Trinajstić information content (AvgIpc) is 3.59. The lowest BCUT2D eigenvalue weighted by Gasteiger charge is -2.29. The molecule has 10 nitrogen and oxygen atoms in total. The van der Waals surface area contributed by atoms with Gasteiger partial charge in [0.1, 0.15) is 22.8 Å². The summed E-state index contributed by atoms with van der Waals surface area (Å²) in [4.78, 5) is 26.9. The summed E-state index contributed by atoms with van der Waals surface area (Å²) >= 11 is 0. The van der Waals surface area contributed by atoms with Crippen LogP contribution in [0.25, 0.3) is 0 Å². The van der Waals surface area contributed by atoms with Gasteiger partial charge in [-0.3, -0.25) is 14.7 Å². The number of piperidine rings is 1. The zero-order chi connectivity index (χ0) is 26.8. The van der Waals surface area contributed by atoms with Crippen molar-refractivity contribution < 1.29 is 19.1 Å². The highest BCUT2D eigenvalue weighted by atomic mass is 16.5. The maximum atomic E-state index is 12.0. The molecule has 2 amide bonds. The summed E-state index contributed by atoms with van der Waals surface area (Å²) in [5.41, 5.74) is 6.94. The molecule has 0 spiro atoms. The van der Waals surface area contributed by atoms with Crippen LogP contribution in [0.1, 0.15) is 47.3 Å². The van der Waals surface area contributed by atoms with Crippen LogP contribution in [0.3, 0.4) is 0 Å². The van der Waals surface area contributed by atoms with Crippen molar-refractivity contribution in [1.29, 1.82) is 0 Å². The number of rotatable bonds is 6. The van der Waals surface area contributed by atoms with Crippen LogP contribution < -0.4 is 20.5 Å². The second-order valence-electron chi connectivity index (χ2n) is 9.00. The van der Waals surface area contributed by atoms with E-state index in [1.165, 1.54) is 6.08 Å². The molecule has 0 bridgehead atoms. The Labute approximate surface area is 218 Å². The SMILES string of the molecule is C=CC(=O)N1CCCC1.COc1cc(C#Cc2[nH]nc(NC3CCN(C)CC3)c2C(N)=O)cc(OC)c1. The molecule has 4 rings (SSSR count). The molecule has 2 fully saturated rings. The minimum atomic E-state index is -0.572. The molecule has 1 aromatic heterocycles. The Morgan fingerprint density at radius 3 is 2.27 bits per heavy atom. The van der Waals surface area contributed by atoms with Crippen molar-refractivity contribution in [3.63, 3.8) is 0 Å². The molecular formula is C27H36N6O4. The zero-order valence-corrected chi connectivity index (χ0v) is 21.8. The summed E-state index contributed by atoms with van der Waals surface area (Å²) in [6.45, 7) is 7.25. The van der Waals surface area contributed by atoms with Crippen LogP contribution in [0.5, 0.6) is 11.5 Å². The number of amides is 2. The molecule has 37 heavy (non-hydrogen) atoms. The Morgan fingerprint density at radius 1 is 1.11 bits per heavy atom. The van der Waals surface area contributed by atoms with E-state index >= 15 is 0 Å². The Balaban J connectivity index is 0.000000356. The summed E-state index contributed by atoms with van der Waals surface area (Å²) < 4.78 is 10.5. The number of aromatic nitrogens is 2.